The molecule has 17 heavy (non-hydrogen) atoms. The quantitative estimate of drug-likeness (QED) is 0.778. The molecule has 0 bridgehead atoms. The summed E-state index contributed by atoms with van der Waals surface area (Å²) in [5.74, 6) is -0.932. The fraction of sp³-hybridized carbons (Fsp3) is 0.400. The van der Waals surface area contributed by atoms with Gasteiger partial charge in [0, 0.05) is 15.4 Å². The Kier molecular flexibility index (Phi) is 5.43. The Bertz CT molecular complexity index is 408. The number of amides is 2. The number of hydrogen-bond donors (Lipinski definition) is 3. The van der Waals surface area contributed by atoms with Crippen molar-refractivity contribution in [2.75, 3.05) is 0 Å². The van der Waals surface area contributed by atoms with Crippen LogP contribution >= 0.6 is 27.3 Å². The molecule has 1 aromatic heterocycles. The monoisotopic (exact) mass is 320 g/mol. The van der Waals surface area contributed by atoms with E-state index in [-0.39, 0.29) is 18.5 Å². The molecule has 1 rings (SSSR count). The van der Waals surface area contributed by atoms with Gasteiger partial charge in [0.2, 0.25) is 0 Å². The van der Waals surface area contributed by atoms with Crippen molar-refractivity contribution in [1.82, 2.24) is 10.6 Å². The van der Waals surface area contributed by atoms with Crippen LogP contribution in [-0.4, -0.2) is 23.1 Å². The van der Waals surface area contributed by atoms with Gasteiger partial charge in [0.15, 0.2) is 0 Å². The molecule has 3 N–H and O–H groups in total. The summed E-state index contributed by atoms with van der Waals surface area (Å²) in [4.78, 5) is 22.8. The number of nitrogens with one attached hydrogen (secondary N) is 2. The largest absolute Gasteiger partial charge is 0.481 e. The molecule has 7 heteroatoms. The van der Waals surface area contributed by atoms with Crippen molar-refractivity contribution in [3.63, 3.8) is 0 Å². The first-order valence-electron chi connectivity index (χ1n) is 4.97. The molecule has 1 aromatic rings. The smallest absolute Gasteiger partial charge is 0.315 e. The second kappa shape index (κ2) is 6.61. The number of carboxylic acids is 1. The van der Waals surface area contributed by atoms with Crippen LogP contribution in [0.5, 0.6) is 0 Å². The van der Waals surface area contributed by atoms with Crippen LogP contribution in [0.15, 0.2) is 15.9 Å². The van der Waals surface area contributed by atoms with Gasteiger partial charge in [-0.2, -0.15) is 0 Å². The van der Waals surface area contributed by atoms with Crippen LogP contribution < -0.4 is 10.6 Å². The summed E-state index contributed by atoms with van der Waals surface area (Å²) < 4.78 is 0.960. The van der Waals surface area contributed by atoms with Crippen LogP contribution in [0, 0.1) is 0 Å². The number of hydrogen-bond acceptors (Lipinski definition) is 3. The lowest BCUT2D eigenvalue weighted by Gasteiger charge is -2.12. The normalized spacial score (nSPS) is 11.9. The van der Waals surface area contributed by atoms with E-state index in [1.165, 1.54) is 11.3 Å². The molecule has 2 amide bonds. The average Bonchev–Trinajstić information content (AvgIpc) is 2.59. The number of carbonyl (C=O) groups excluding carboxylic acids is 1. The summed E-state index contributed by atoms with van der Waals surface area (Å²) in [6.45, 7) is 2.07. The number of carboxylic acid groups (broad SMARTS) is 1. The maximum absolute atomic E-state index is 11.4. The summed E-state index contributed by atoms with van der Waals surface area (Å²) in [5, 5.41) is 15.7. The van der Waals surface area contributed by atoms with Gasteiger partial charge in [0.25, 0.3) is 0 Å². The molecule has 0 aliphatic carbocycles. The molecule has 94 valence electrons. The van der Waals surface area contributed by atoms with Crippen LogP contribution in [0.4, 0.5) is 4.79 Å². The highest BCUT2D eigenvalue weighted by molar-refractivity contribution is 9.10. The Labute approximate surface area is 111 Å². The molecule has 1 atom stereocenters. The summed E-state index contributed by atoms with van der Waals surface area (Å²) >= 11 is 4.90. The second-order valence-electron chi connectivity index (χ2n) is 3.52. The third-order valence-corrected chi connectivity index (χ3v) is 3.89. The van der Waals surface area contributed by atoms with E-state index in [2.05, 4.69) is 26.6 Å². The van der Waals surface area contributed by atoms with Crippen LogP contribution in [0.25, 0.3) is 0 Å². The zero-order chi connectivity index (χ0) is 12.8. The Morgan fingerprint density at radius 2 is 2.29 bits per heavy atom. The first-order valence-corrected chi connectivity index (χ1v) is 6.64. The molecular formula is C10H13BrN2O3S. The second-order valence-corrected chi connectivity index (χ2v) is 5.37. The summed E-state index contributed by atoms with van der Waals surface area (Å²) in [6.07, 6.45) is -0.0872. The Morgan fingerprint density at radius 1 is 1.59 bits per heavy atom. The van der Waals surface area contributed by atoms with Crippen LogP contribution in [0.2, 0.25) is 0 Å². The third kappa shape index (κ3) is 5.18. The van der Waals surface area contributed by atoms with Crippen molar-refractivity contribution in [2.24, 2.45) is 0 Å². The molecule has 0 saturated heterocycles. The van der Waals surface area contributed by atoms with Crippen molar-refractivity contribution in [1.29, 1.82) is 0 Å². The van der Waals surface area contributed by atoms with Gasteiger partial charge in [-0.1, -0.05) is 0 Å². The number of rotatable bonds is 5. The molecular weight excluding hydrogens is 308 g/mol. The summed E-state index contributed by atoms with van der Waals surface area (Å²) in [7, 11) is 0. The maximum Gasteiger partial charge on any atom is 0.315 e. The van der Waals surface area contributed by atoms with Gasteiger partial charge in [0.05, 0.1) is 13.0 Å². The Morgan fingerprint density at radius 3 is 2.82 bits per heavy atom. The van der Waals surface area contributed by atoms with Crippen LogP contribution in [-0.2, 0) is 11.3 Å². The van der Waals surface area contributed by atoms with Crippen molar-refractivity contribution in [3.05, 3.63) is 20.8 Å². The SMILES string of the molecule is CC(CC(=O)O)NC(=O)NCc1sccc1Br. The highest BCUT2D eigenvalue weighted by Gasteiger charge is 2.11. The topological polar surface area (TPSA) is 78.4 Å². The van der Waals surface area contributed by atoms with Gasteiger partial charge < -0.3 is 15.7 Å². The van der Waals surface area contributed by atoms with E-state index in [4.69, 9.17) is 5.11 Å². The molecule has 0 radical (unpaired) electrons. The van der Waals surface area contributed by atoms with E-state index in [9.17, 15) is 9.59 Å². The van der Waals surface area contributed by atoms with E-state index in [1.807, 2.05) is 11.4 Å². The van der Waals surface area contributed by atoms with Crippen molar-refractivity contribution in [3.8, 4) is 0 Å². The summed E-state index contributed by atoms with van der Waals surface area (Å²) in [6, 6.07) is 1.16. The zero-order valence-electron chi connectivity index (χ0n) is 9.20. The molecule has 0 spiro atoms. The lowest BCUT2D eigenvalue weighted by atomic mass is 10.2. The minimum Gasteiger partial charge on any atom is -0.481 e. The zero-order valence-corrected chi connectivity index (χ0v) is 11.6. The number of carbonyl (C=O) groups is 2. The molecule has 5 nitrogen and oxygen atoms in total. The number of thiophene rings is 1. The fourth-order valence-corrected chi connectivity index (χ4v) is 2.63. The average molecular weight is 321 g/mol. The number of halogens is 1. The van der Waals surface area contributed by atoms with Crippen molar-refractivity contribution >= 4 is 39.3 Å². The van der Waals surface area contributed by atoms with Gasteiger partial charge in [0.1, 0.15) is 0 Å². The predicted octanol–water partition coefficient (Wildman–Crippen LogP) is 2.17. The fourth-order valence-electron chi connectivity index (χ4n) is 1.20. The van der Waals surface area contributed by atoms with Crippen molar-refractivity contribution in [2.45, 2.75) is 25.9 Å². The third-order valence-electron chi connectivity index (χ3n) is 1.96. The molecule has 1 unspecified atom stereocenters. The van der Waals surface area contributed by atoms with Gasteiger partial charge in [-0.05, 0) is 34.3 Å². The molecule has 0 saturated carbocycles. The Balaban J connectivity index is 2.30. The van der Waals surface area contributed by atoms with E-state index < -0.39 is 5.97 Å². The van der Waals surface area contributed by atoms with Gasteiger partial charge in [-0.3, -0.25) is 4.79 Å². The highest BCUT2D eigenvalue weighted by atomic mass is 79.9. The van der Waals surface area contributed by atoms with E-state index in [1.54, 1.807) is 6.92 Å². The lowest BCUT2D eigenvalue weighted by molar-refractivity contribution is -0.137. The van der Waals surface area contributed by atoms with Gasteiger partial charge >= 0.3 is 12.0 Å². The maximum atomic E-state index is 11.4. The lowest BCUT2D eigenvalue weighted by Crippen LogP contribution is -2.41. The summed E-state index contributed by atoms with van der Waals surface area (Å²) in [5.41, 5.74) is 0. The molecule has 0 aliphatic rings. The van der Waals surface area contributed by atoms with Crippen LogP contribution in [0.1, 0.15) is 18.2 Å². The number of urea groups is 1. The standard InChI is InChI=1S/C10H13BrN2O3S/c1-6(4-9(14)15)13-10(16)12-5-8-7(11)2-3-17-8/h2-3,6H,4-5H2,1H3,(H,14,15)(H2,12,13,16). The van der Waals surface area contributed by atoms with Gasteiger partial charge in [-0.25, -0.2) is 4.79 Å². The molecule has 0 aromatic carbocycles. The van der Waals surface area contributed by atoms with E-state index in [0.29, 0.717) is 6.54 Å². The van der Waals surface area contributed by atoms with Crippen LogP contribution in [0.3, 0.4) is 0 Å². The Hall–Kier alpha value is -1.08. The highest BCUT2D eigenvalue weighted by Crippen LogP contribution is 2.21. The van der Waals surface area contributed by atoms with Crippen molar-refractivity contribution < 1.29 is 14.7 Å². The van der Waals surface area contributed by atoms with E-state index in [0.717, 1.165) is 9.35 Å². The molecule has 0 aliphatic heterocycles. The van der Waals surface area contributed by atoms with Gasteiger partial charge in [-0.15, -0.1) is 11.3 Å². The first kappa shape index (κ1) is 14.0. The van der Waals surface area contributed by atoms with E-state index >= 15 is 0 Å². The number of aliphatic carboxylic acids is 1. The molecule has 1 heterocycles. The first-order chi connectivity index (χ1) is 7.99. The minimum absolute atomic E-state index is 0.0872. The molecule has 0 fully saturated rings. The minimum atomic E-state index is -0.932. The predicted molar refractivity (Wildman–Crippen MR) is 69.1 cm³/mol.